The van der Waals surface area contributed by atoms with Crippen molar-refractivity contribution in [2.45, 2.75) is 181 Å². The third kappa shape index (κ3) is 12.0. The van der Waals surface area contributed by atoms with Crippen LogP contribution in [0.1, 0.15) is 121 Å². The second-order valence-corrected chi connectivity index (χ2v) is 17.8. The molecule has 3 aliphatic rings. The van der Waals surface area contributed by atoms with Gasteiger partial charge >= 0.3 is 5.97 Å². The molecule has 2 bridgehead atoms. The highest BCUT2D eigenvalue weighted by molar-refractivity contribution is 5.87. The Morgan fingerprint density at radius 2 is 1.53 bits per heavy atom. The molecule has 0 aromatic rings. The molecule has 11 heteroatoms. The Morgan fingerprint density at radius 3 is 2.16 bits per heavy atom. The Bertz CT molecular complexity index is 1310. The number of esters is 1. The molecule has 6 N–H and O–H groups in total. The molecule has 3 rings (SSSR count). The molecule has 0 aromatic carbocycles. The summed E-state index contributed by atoms with van der Waals surface area (Å²) in [7, 11) is 0. The van der Waals surface area contributed by atoms with Crippen molar-refractivity contribution < 1.29 is 54.4 Å². The van der Waals surface area contributed by atoms with Gasteiger partial charge in [-0.3, -0.25) is 4.79 Å². The molecule has 18 unspecified atom stereocenters. The number of carbonyl (C=O) groups is 2. The Balaban J connectivity index is 1.96. The Labute approximate surface area is 330 Å². The number of rotatable bonds is 3. The van der Waals surface area contributed by atoms with Crippen molar-refractivity contribution in [1.29, 1.82) is 0 Å². The number of aliphatic hydroxyl groups excluding tert-OH is 5. The zero-order chi connectivity index (χ0) is 41.4. The number of hydrogen-bond acceptors (Lipinski definition) is 11. The van der Waals surface area contributed by atoms with E-state index in [0.29, 0.717) is 25.7 Å². The van der Waals surface area contributed by atoms with Crippen LogP contribution in [-0.2, 0) is 23.8 Å². The highest BCUT2D eigenvalue weighted by Crippen LogP contribution is 2.49. The number of fused-ring (bicyclic) bond motifs is 2. The van der Waals surface area contributed by atoms with Crippen molar-refractivity contribution in [3.8, 4) is 0 Å². The largest absolute Gasteiger partial charge is 0.458 e. The van der Waals surface area contributed by atoms with Gasteiger partial charge in [0.2, 0.25) is 0 Å². The van der Waals surface area contributed by atoms with Gasteiger partial charge in [0.05, 0.1) is 42.7 Å². The van der Waals surface area contributed by atoms with Crippen LogP contribution < -0.4 is 0 Å². The molecule has 2 fully saturated rings. The molecule has 11 nitrogen and oxygen atoms in total. The minimum Gasteiger partial charge on any atom is -0.458 e. The van der Waals surface area contributed by atoms with E-state index in [2.05, 4.69) is 19.9 Å². The van der Waals surface area contributed by atoms with Crippen LogP contribution in [0.15, 0.2) is 36.5 Å². The monoisotopic (exact) mass is 779 g/mol. The highest BCUT2D eigenvalue weighted by atomic mass is 16.7. The molecule has 3 aliphatic heterocycles. The lowest BCUT2D eigenvalue weighted by atomic mass is 9.74. The Hall–Kier alpha value is -1.96. The van der Waals surface area contributed by atoms with Gasteiger partial charge in [-0.25, -0.2) is 4.79 Å². The maximum Gasteiger partial charge on any atom is 0.330 e. The van der Waals surface area contributed by atoms with Crippen LogP contribution in [-0.4, -0.2) is 103 Å². The third-order valence-corrected chi connectivity index (χ3v) is 13.3. The van der Waals surface area contributed by atoms with E-state index in [0.717, 1.165) is 19.3 Å². The maximum absolute atomic E-state index is 13.5. The van der Waals surface area contributed by atoms with E-state index < -0.39 is 89.9 Å². The summed E-state index contributed by atoms with van der Waals surface area (Å²) in [5, 5.41) is 65.7. The van der Waals surface area contributed by atoms with Crippen molar-refractivity contribution in [1.82, 2.24) is 0 Å². The fourth-order valence-electron chi connectivity index (χ4n) is 8.75. The van der Waals surface area contributed by atoms with Crippen molar-refractivity contribution in [2.75, 3.05) is 0 Å². The number of allylic oxidation sites excluding steroid dienone is 4. The van der Waals surface area contributed by atoms with Gasteiger partial charge < -0.3 is 44.8 Å². The molecule has 0 radical (unpaired) electrons. The van der Waals surface area contributed by atoms with Crippen LogP contribution in [0.3, 0.4) is 0 Å². The predicted octanol–water partition coefficient (Wildman–Crippen LogP) is 5.43. The fourth-order valence-corrected chi connectivity index (χ4v) is 8.75. The predicted molar refractivity (Wildman–Crippen MR) is 211 cm³/mol. The van der Waals surface area contributed by atoms with Crippen LogP contribution >= 0.6 is 0 Å². The summed E-state index contributed by atoms with van der Waals surface area (Å²) in [5.74, 6) is -4.97. The summed E-state index contributed by atoms with van der Waals surface area (Å²) in [6, 6.07) is 0. The molecule has 3 heterocycles. The number of hydrogen-bond donors (Lipinski definition) is 6. The van der Waals surface area contributed by atoms with Gasteiger partial charge in [0.15, 0.2) is 11.6 Å². The molecule has 18 atom stereocenters. The second kappa shape index (κ2) is 20.6. The van der Waals surface area contributed by atoms with E-state index in [-0.39, 0.29) is 35.9 Å². The molecular formula is C44H74O11. The molecule has 0 aliphatic carbocycles. The van der Waals surface area contributed by atoms with Crippen LogP contribution in [0.25, 0.3) is 0 Å². The van der Waals surface area contributed by atoms with Gasteiger partial charge in [-0.1, -0.05) is 85.8 Å². The summed E-state index contributed by atoms with van der Waals surface area (Å²) in [6.07, 6.45) is 8.38. The van der Waals surface area contributed by atoms with E-state index >= 15 is 0 Å². The first-order valence-electron chi connectivity index (χ1n) is 20.9. The van der Waals surface area contributed by atoms with Crippen LogP contribution in [0.2, 0.25) is 0 Å². The summed E-state index contributed by atoms with van der Waals surface area (Å²) in [5.41, 5.74) is -2.13. The number of aliphatic hydroxyl groups is 6. The van der Waals surface area contributed by atoms with E-state index in [4.69, 9.17) is 14.2 Å². The van der Waals surface area contributed by atoms with Crippen molar-refractivity contribution in [2.24, 2.45) is 47.3 Å². The number of ketones is 1. The molecule has 0 amide bonds. The fraction of sp³-hybridized carbons (Fsp3) is 0.818. The van der Waals surface area contributed by atoms with Gasteiger partial charge in [0, 0.05) is 48.5 Å². The molecule has 55 heavy (non-hydrogen) atoms. The van der Waals surface area contributed by atoms with Gasteiger partial charge in [-0.2, -0.15) is 0 Å². The number of carbonyl (C=O) groups excluding carboxylic acids is 2. The molecular weight excluding hydrogens is 704 g/mol. The van der Waals surface area contributed by atoms with E-state index in [1.807, 2.05) is 32.1 Å². The lowest BCUT2D eigenvalue weighted by Gasteiger charge is -2.55. The lowest BCUT2D eigenvalue weighted by molar-refractivity contribution is -0.371. The minimum atomic E-state index is -2.13. The zero-order valence-corrected chi connectivity index (χ0v) is 35.1. The van der Waals surface area contributed by atoms with E-state index in [1.54, 1.807) is 40.7 Å². The average Bonchev–Trinajstić information content (AvgIpc) is 3.14. The highest BCUT2D eigenvalue weighted by Gasteiger charge is 2.56. The summed E-state index contributed by atoms with van der Waals surface area (Å²) >= 11 is 0. The molecule has 316 valence electrons. The molecule has 1 spiro atoms. The first-order valence-corrected chi connectivity index (χ1v) is 20.9. The molecule has 0 aromatic heterocycles. The van der Waals surface area contributed by atoms with Crippen LogP contribution in [0, 0.1) is 47.3 Å². The van der Waals surface area contributed by atoms with Gasteiger partial charge in [-0.15, -0.1) is 0 Å². The topological polar surface area (TPSA) is 183 Å². The lowest BCUT2D eigenvalue weighted by Crippen LogP contribution is -2.62. The van der Waals surface area contributed by atoms with Crippen LogP contribution in [0.5, 0.6) is 0 Å². The SMILES string of the molecule is CCC1/C=C/C=C/CC(C)C(O)C(C)(O)C(=O)CC(O)C(C)C(O)C(C)C(O)C(C)/C=C/C(=O)OC2C(C)C(CC1)OC1(CCC(C)C(CC(C)O)O1)C2C. The Kier molecular flexibility index (Phi) is 17.8. The van der Waals surface area contributed by atoms with Gasteiger partial charge in [0.25, 0.3) is 0 Å². The third-order valence-electron chi connectivity index (χ3n) is 13.3. The van der Waals surface area contributed by atoms with Gasteiger partial charge in [-0.05, 0) is 70.1 Å². The first kappa shape index (κ1) is 47.4. The average molecular weight is 779 g/mol. The second-order valence-electron chi connectivity index (χ2n) is 17.8. The van der Waals surface area contributed by atoms with Crippen molar-refractivity contribution >= 4 is 11.8 Å². The summed E-state index contributed by atoms with van der Waals surface area (Å²) in [6.45, 7) is 18.0. The normalized spacial score (nSPS) is 47.4. The smallest absolute Gasteiger partial charge is 0.330 e. The quantitative estimate of drug-likeness (QED) is 0.201. The van der Waals surface area contributed by atoms with Crippen LogP contribution in [0.4, 0.5) is 0 Å². The summed E-state index contributed by atoms with van der Waals surface area (Å²) < 4.78 is 20.0. The Morgan fingerprint density at radius 1 is 0.855 bits per heavy atom. The molecule has 0 saturated carbocycles. The number of ether oxygens (including phenoxy) is 3. The zero-order valence-electron chi connectivity index (χ0n) is 35.1. The van der Waals surface area contributed by atoms with E-state index in [9.17, 15) is 40.2 Å². The van der Waals surface area contributed by atoms with E-state index in [1.165, 1.54) is 13.0 Å². The maximum atomic E-state index is 13.5. The van der Waals surface area contributed by atoms with Crippen molar-refractivity contribution in [3.05, 3.63) is 36.5 Å². The first-order chi connectivity index (χ1) is 25.7. The van der Waals surface area contributed by atoms with Crippen molar-refractivity contribution in [3.63, 3.8) is 0 Å². The molecule has 2 saturated heterocycles. The standard InChI is InChI=1S/C44H74O11/c1-11-33-16-14-12-13-15-27(4)42(51)43(10,52)37(47)24-34(46)29(6)40(50)31(8)39(49)26(3)17-20-38(48)53-41-30(7)35(19-18-33)54-44(32(41)9)22-21-25(2)36(55-44)23-28(5)45/h12-14,16-17,20,25-36,39-42,45-46,49-52H,11,15,18-19,21-24H2,1-10H3/b13-12+,16-14+,20-17+. The summed E-state index contributed by atoms with van der Waals surface area (Å²) in [4.78, 5) is 26.7. The minimum absolute atomic E-state index is 0.154. The number of Topliss-reactive ketones (excluding diaryl/α,β-unsaturated/α-hetero) is 1. The van der Waals surface area contributed by atoms with Gasteiger partial charge in [0.1, 0.15) is 11.7 Å².